The van der Waals surface area contributed by atoms with Crippen molar-refractivity contribution in [2.24, 2.45) is 0 Å². The molecule has 2 aromatic rings. The Morgan fingerprint density at radius 1 is 0.840 bits per heavy atom. The molecule has 1 N–H and O–H groups in total. The largest absolute Gasteiger partial charge is 0.303 e. The zero-order chi connectivity index (χ0) is 17.9. The molecule has 0 fully saturated rings. The van der Waals surface area contributed by atoms with Crippen molar-refractivity contribution < 1.29 is 0 Å². The number of hydrogen-bond donors (Lipinski definition) is 1. The average molecular weight is 343 g/mol. The number of nitrogens with one attached hydrogen (secondary N) is 1. The molecule has 0 spiro atoms. The van der Waals surface area contributed by atoms with Crippen LogP contribution in [0, 0.1) is 6.92 Å². The molecule has 25 heavy (non-hydrogen) atoms. The smallest absolute Gasteiger partial charge is 0.116 e. The van der Waals surface area contributed by atoms with Crippen LogP contribution in [0.2, 0.25) is 0 Å². The Labute approximate surface area is 153 Å². The van der Waals surface area contributed by atoms with Gasteiger partial charge < -0.3 is 4.90 Å². The number of nitrogens with zero attached hydrogens (tertiary/aromatic N) is 3. The molecule has 1 aromatic carbocycles. The monoisotopic (exact) mass is 342 g/mol. The van der Waals surface area contributed by atoms with Crippen molar-refractivity contribution in [3.05, 3.63) is 35.5 Å². The Hall–Kier alpha value is -1.68. The molecule has 0 saturated carbocycles. The molecule has 4 heteroatoms. The summed E-state index contributed by atoms with van der Waals surface area (Å²) in [6.45, 7) is 10.1. The number of H-pyrrole nitrogens is 1. The molecule has 0 radical (unpaired) electrons. The molecule has 0 unspecified atom stereocenters. The molecule has 1 heterocycles. The summed E-state index contributed by atoms with van der Waals surface area (Å²) in [5.41, 5.74) is 4.51. The molecule has 1 aromatic heterocycles. The van der Waals surface area contributed by atoms with E-state index in [9.17, 15) is 0 Å². The van der Waals surface area contributed by atoms with Crippen molar-refractivity contribution in [1.82, 2.24) is 20.3 Å². The second kappa shape index (κ2) is 11.0. The predicted molar refractivity (Wildman–Crippen MR) is 106 cm³/mol. The second-order valence-corrected chi connectivity index (χ2v) is 6.99. The Bertz CT molecular complexity index is 578. The van der Waals surface area contributed by atoms with Crippen molar-refractivity contribution >= 4 is 0 Å². The molecule has 138 valence electrons. The zero-order valence-corrected chi connectivity index (χ0v) is 16.2. The molecule has 0 amide bonds. The molecule has 0 aliphatic carbocycles. The van der Waals surface area contributed by atoms with Gasteiger partial charge in [-0.1, -0.05) is 69.4 Å². The Kier molecular flexibility index (Phi) is 8.67. The van der Waals surface area contributed by atoms with E-state index >= 15 is 0 Å². The number of aryl methyl sites for hydroxylation is 1. The van der Waals surface area contributed by atoms with Crippen LogP contribution in [-0.2, 0) is 6.42 Å². The van der Waals surface area contributed by atoms with E-state index in [0.29, 0.717) is 0 Å². The summed E-state index contributed by atoms with van der Waals surface area (Å²) in [5.74, 6) is 0. The first-order valence-corrected chi connectivity index (χ1v) is 9.93. The molecule has 0 saturated heterocycles. The van der Waals surface area contributed by atoms with Crippen molar-refractivity contribution in [2.75, 3.05) is 19.6 Å². The fourth-order valence-corrected chi connectivity index (χ4v) is 3.14. The maximum Gasteiger partial charge on any atom is 0.116 e. The van der Waals surface area contributed by atoms with E-state index in [-0.39, 0.29) is 0 Å². The second-order valence-electron chi connectivity index (χ2n) is 6.99. The van der Waals surface area contributed by atoms with Gasteiger partial charge in [-0.3, -0.25) is 0 Å². The van der Waals surface area contributed by atoms with Crippen LogP contribution in [0.1, 0.15) is 63.6 Å². The number of benzene rings is 1. The van der Waals surface area contributed by atoms with Crippen LogP contribution in [-0.4, -0.2) is 39.9 Å². The standard InChI is InChI=1S/C21H34N4/c1-4-6-8-15-25(16-9-7-5-2)17-14-20-21(23-24-22-20)19-12-10-18(3)11-13-19/h10-13H,4-9,14-17H2,1-3H3,(H,22,23,24). The Balaban J connectivity index is 1.94. The highest BCUT2D eigenvalue weighted by Gasteiger charge is 2.12. The van der Waals surface area contributed by atoms with Crippen molar-refractivity contribution in [1.29, 1.82) is 0 Å². The molecule has 4 nitrogen and oxygen atoms in total. The fraction of sp³-hybridized carbons (Fsp3) is 0.619. The highest BCUT2D eigenvalue weighted by atomic mass is 15.3. The van der Waals surface area contributed by atoms with Crippen molar-refractivity contribution in [3.63, 3.8) is 0 Å². The molecule has 0 aliphatic rings. The van der Waals surface area contributed by atoms with Crippen LogP contribution < -0.4 is 0 Å². The topological polar surface area (TPSA) is 44.8 Å². The first-order chi connectivity index (χ1) is 12.2. The number of unbranched alkanes of at least 4 members (excludes halogenated alkanes) is 4. The van der Waals surface area contributed by atoms with E-state index in [1.54, 1.807) is 0 Å². The van der Waals surface area contributed by atoms with Gasteiger partial charge in [0.2, 0.25) is 0 Å². The number of aromatic amines is 1. The SMILES string of the molecule is CCCCCN(CCCCC)CCc1n[nH]nc1-c1ccc(C)cc1. The molecule has 2 rings (SSSR count). The maximum atomic E-state index is 4.42. The normalized spacial score (nSPS) is 11.4. The summed E-state index contributed by atoms with van der Waals surface area (Å²) in [6.07, 6.45) is 8.76. The summed E-state index contributed by atoms with van der Waals surface area (Å²) in [4.78, 5) is 2.61. The Morgan fingerprint density at radius 2 is 1.48 bits per heavy atom. The molecule has 0 atom stereocenters. The van der Waals surface area contributed by atoms with Gasteiger partial charge in [-0.2, -0.15) is 15.4 Å². The van der Waals surface area contributed by atoms with E-state index < -0.39 is 0 Å². The van der Waals surface area contributed by atoms with Gasteiger partial charge in [-0.25, -0.2) is 0 Å². The third-order valence-corrected chi connectivity index (χ3v) is 4.77. The average Bonchev–Trinajstić information content (AvgIpc) is 3.09. The molecular weight excluding hydrogens is 308 g/mol. The lowest BCUT2D eigenvalue weighted by molar-refractivity contribution is 0.264. The lowest BCUT2D eigenvalue weighted by Crippen LogP contribution is -2.28. The van der Waals surface area contributed by atoms with Gasteiger partial charge in [-0.15, -0.1) is 0 Å². The van der Waals surface area contributed by atoms with Gasteiger partial charge >= 0.3 is 0 Å². The van der Waals surface area contributed by atoms with E-state index in [2.05, 4.69) is 65.3 Å². The van der Waals surface area contributed by atoms with Crippen molar-refractivity contribution in [2.45, 2.75) is 65.7 Å². The number of aromatic nitrogens is 3. The quantitative estimate of drug-likeness (QED) is 0.552. The van der Waals surface area contributed by atoms with Crippen LogP contribution in [0.5, 0.6) is 0 Å². The third-order valence-electron chi connectivity index (χ3n) is 4.77. The van der Waals surface area contributed by atoms with Crippen LogP contribution in [0.15, 0.2) is 24.3 Å². The first kappa shape index (κ1) is 19.6. The fourth-order valence-electron chi connectivity index (χ4n) is 3.14. The van der Waals surface area contributed by atoms with Crippen LogP contribution in [0.4, 0.5) is 0 Å². The van der Waals surface area contributed by atoms with Gasteiger partial charge in [0, 0.05) is 18.5 Å². The maximum absolute atomic E-state index is 4.42. The first-order valence-electron chi connectivity index (χ1n) is 9.93. The van der Waals surface area contributed by atoms with Crippen molar-refractivity contribution in [3.8, 4) is 11.3 Å². The minimum Gasteiger partial charge on any atom is -0.303 e. The van der Waals surface area contributed by atoms with Gasteiger partial charge in [0.05, 0.1) is 5.69 Å². The highest BCUT2D eigenvalue weighted by molar-refractivity contribution is 5.61. The van der Waals surface area contributed by atoms with Gasteiger partial charge in [0.1, 0.15) is 5.69 Å². The minimum atomic E-state index is 0.956. The van der Waals surface area contributed by atoms with Gasteiger partial charge in [0.25, 0.3) is 0 Å². The van der Waals surface area contributed by atoms with E-state index in [4.69, 9.17) is 0 Å². The molecule has 0 aliphatic heterocycles. The summed E-state index contributed by atoms with van der Waals surface area (Å²) in [6, 6.07) is 8.54. The Morgan fingerprint density at radius 3 is 2.08 bits per heavy atom. The van der Waals surface area contributed by atoms with Crippen LogP contribution >= 0.6 is 0 Å². The lowest BCUT2D eigenvalue weighted by atomic mass is 10.1. The van der Waals surface area contributed by atoms with Gasteiger partial charge in [-0.05, 0) is 32.9 Å². The van der Waals surface area contributed by atoms with E-state index in [0.717, 1.165) is 29.9 Å². The number of hydrogen-bond acceptors (Lipinski definition) is 3. The summed E-state index contributed by atoms with van der Waals surface area (Å²) < 4.78 is 0. The minimum absolute atomic E-state index is 0.956. The molecule has 0 bridgehead atoms. The molecular formula is C21H34N4. The van der Waals surface area contributed by atoms with E-state index in [1.807, 2.05) is 0 Å². The van der Waals surface area contributed by atoms with Crippen LogP contribution in [0.3, 0.4) is 0 Å². The van der Waals surface area contributed by atoms with Crippen LogP contribution in [0.25, 0.3) is 11.3 Å². The third kappa shape index (κ3) is 6.62. The predicted octanol–water partition coefficient (Wildman–Crippen LogP) is 5.01. The highest BCUT2D eigenvalue weighted by Crippen LogP contribution is 2.20. The zero-order valence-electron chi connectivity index (χ0n) is 16.2. The van der Waals surface area contributed by atoms with E-state index in [1.165, 1.54) is 57.2 Å². The summed E-state index contributed by atoms with van der Waals surface area (Å²) in [7, 11) is 0. The lowest BCUT2D eigenvalue weighted by Gasteiger charge is -2.22. The summed E-state index contributed by atoms with van der Waals surface area (Å²) in [5, 5.41) is 11.6. The summed E-state index contributed by atoms with van der Waals surface area (Å²) >= 11 is 0. The number of rotatable bonds is 12. The van der Waals surface area contributed by atoms with Gasteiger partial charge in [0.15, 0.2) is 0 Å².